The molecule has 0 spiro atoms. The first-order chi connectivity index (χ1) is 29.5. The van der Waals surface area contributed by atoms with Crippen LogP contribution in [0, 0.1) is 30.6 Å². The van der Waals surface area contributed by atoms with Gasteiger partial charge in [0, 0.05) is 47.3 Å². The third kappa shape index (κ3) is 8.17. The maximum Gasteiger partial charge on any atom is 0.171 e. The van der Waals surface area contributed by atoms with Crippen LogP contribution in [0.2, 0.25) is 0 Å². The second-order valence-electron chi connectivity index (χ2n) is 16.3. The summed E-state index contributed by atoms with van der Waals surface area (Å²) in [6, 6.07) is 35.1. The third-order valence-electron chi connectivity index (χ3n) is 10.5. The predicted molar refractivity (Wildman–Crippen MR) is 234 cm³/mol. The quantitative estimate of drug-likeness (QED) is 0.155. The first-order valence-corrected chi connectivity index (χ1v) is 19.6. The van der Waals surface area contributed by atoms with E-state index >= 15 is 0 Å². The molecule has 9 rings (SSSR count). The average molecular weight is 977 g/mol. The zero-order chi connectivity index (χ0) is 44.1. The van der Waals surface area contributed by atoms with E-state index in [0.29, 0.717) is 22.7 Å². The Kier molecular flexibility index (Phi) is 10.9. The number of benzene rings is 5. The maximum atomic E-state index is 14.1. The van der Waals surface area contributed by atoms with E-state index in [4.69, 9.17) is 13.5 Å². The number of rotatable bonds is 6. The van der Waals surface area contributed by atoms with E-state index in [9.17, 15) is 8.78 Å². The van der Waals surface area contributed by atoms with Crippen LogP contribution < -0.4 is 0 Å². The van der Waals surface area contributed by atoms with Crippen molar-refractivity contribution in [2.24, 2.45) is 0 Å². The van der Waals surface area contributed by atoms with Crippen LogP contribution in [0.5, 0.6) is 0 Å². The van der Waals surface area contributed by atoms with Crippen molar-refractivity contribution in [1.82, 2.24) is 24.5 Å². The van der Waals surface area contributed by atoms with Gasteiger partial charge in [0.2, 0.25) is 0 Å². The largest absolute Gasteiger partial charge is 0.501 e. The minimum absolute atomic E-state index is 0. The summed E-state index contributed by atoms with van der Waals surface area (Å²) in [5.74, 6) is 0.397. The molecule has 0 amide bonds. The number of nitrogens with zero attached hydrogens (tertiary/aromatic N) is 5. The molecule has 9 heteroatoms. The van der Waals surface area contributed by atoms with Crippen LogP contribution in [0.3, 0.4) is 0 Å². The molecule has 6 nitrogen and oxygen atoms in total. The van der Waals surface area contributed by atoms with Crippen LogP contribution in [0.15, 0.2) is 120 Å². The third-order valence-corrected chi connectivity index (χ3v) is 10.5. The Morgan fingerprint density at radius 2 is 1.52 bits per heavy atom. The molecule has 1 radical (unpaired) electrons. The van der Waals surface area contributed by atoms with Crippen LogP contribution in [0.25, 0.3) is 72.6 Å². The van der Waals surface area contributed by atoms with Crippen molar-refractivity contribution >= 4 is 33.1 Å². The molecule has 4 aromatic heterocycles. The second-order valence-corrected chi connectivity index (χ2v) is 16.3. The van der Waals surface area contributed by atoms with Gasteiger partial charge >= 0.3 is 0 Å². The smallest absolute Gasteiger partial charge is 0.171 e. The monoisotopic (exact) mass is 977 g/mol. The molecule has 9 aromatic rings. The number of pyridine rings is 1. The molecule has 0 atom stereocenters. The van der Waals surface area contributed by atoms with Gasteiger partial charge in [0.05, 0.1) is 17.6 Å². The molecule has 0 N–H and O–H groups in total. The summed E-state index contributed by atoms with van der Waals surface area (Å²) < 4.78 is 58.2. The van der Waals surface area contributed by atoms with Crippen LogP contribution in [-0.4, -0.2) is 24.5 Å². The van der Waals surface area contributed by atoms with E-state index in [0.717, 1.165) is 55.9 Å². The van der Waals surface area contributed by atoms with Gasteiger partial charge in [-0.2, -0.15) is 0 Å². The maximum absolute atomic E-state index is 14.1. The standard InChI is InChI=1S/C35H28FN4O.C16H17FN.Ir/c1-20(2)25-7-5-8-26(21(3)4)32(25)40-30-18-37-19-38-34(30)39-35(40)29-10-6-9-28-27-16-13-23(17-31(27)41-33(28)29)22-11-14-24(36)15-12-22;1-11-5-7-13(14(17)9-11)15-8-6-12(10-18-15)16(2,3)4;/h5-9,11-21H,1-4H3;5-6,8-10H,1-4H3;/q2*-1;/i;1D3;. The van der Waals surface area contributed by atoms with Gasteiger partial charge in [-0.15, -0.1) is 42.0 Å². The first-order valence-electron chi connectivity index (χ1n) is 21.1. The van der Waals surface area contributed by atoms with E-state index in [1.807, 2.05) is 36.5 Å². The molecule has 0 aliphatic rings. The van der Waals surface area contributed by atoms with E-state index in [1.165, 1.54) is 35.7 Å². The van der Waals surface area contributed by atoms with Crippen LogP contribution in [0.1, 0.15) is 86.7 Å². The number of halogens is 2. The summed E-state index contributed by atoms with van der Waals surface area (Å²) >= 11 is 0. The van der Waals surface area contributed by atoms with Crippen molar-refractivity contribution in [2.75, 3.05) is 0 Å². The Hall–Kier alpha value is -5.89. The number of para-hydroxylation sites is 1. The molecule has 0 aliphatic heterocycles. The summed E-state index contributed by atoms with van der Waals surface area (Å²) in [5, 5.41) is 1.97. The molecular weight excluding hydrogens is 929 g/mol. The Balaban J connectivity index is 0.000000229. The molecule has 305 valence electrons. The summed E-state index contributed by atoms with van der Waals surface area (Å²) in [6.45, 7) is 12.7. The number of aryl methyl sites for hydroxylation is 1. The van der Waals surface area contributed by atoms with E-state index in [1.54, 1.807) is 24.4 Å². The van der Waals surface area contributed by atoms with Gasteiger partial charge in [0.15, 0.2) is 5.65 Å². The number of hydrogen-bond donors (Lipinski definition) is 0. The predicted octanol–water partition coefficient (Wildman–Crippen LogP) is 13.5. The number of furan rings is 1. The van der Waals surface area contributed by atoms with E-state index in [2.05, 4.69) is 104 Å². The molecule has 0 aliphatic carbocycles. The zero-order valence-electron chi connectivity index (χ0n) is 37.4. The van der Waals surface area contributed by atoms with Crippen molar-refractivity contribution in [2.45, 2.75) is 72.6 Å². The Morgan fingerprint density at radius 3 is 2.17 bits per heavy atom. The molecule has 0 saturated carbocycles. The summed E-state index contributed by atoms with van der Waals surface area (Å²) in [4.78, 5) is 18.2. The van der Waals surface area contributed by atoms with Crippen molar-refractivity contribution in [3.8, 4) is 39.5 Å². The number of hydrogen-bond acceptors (Lipinski definition) is 5. The molecule has 0 unspecified atom stereocenters. The number of aromatic nitrogens is 5. The number of fused-ring (bicyclic) bond motifs is 4. The van der Waals surface area contributed by atoms with Gasteiger partial charge in [-0.3, -0.25) is 9.37 Å². The normalized spacial score (nSPS) is 12.6. The fraction of sp³-hybridized carbons (Fsp3) is 0.216. The topological polar surface area (TPSA) is 69.6 Å². The van der Waals surface area contributed by atoms with E-state index in [-0.39, 0.29) is 54.3 Å². The fourth-order valence-electron chi connectivity index (χ4n) is 7.37. The number of imidazole rings is 1. The molecule has 5 aromatic carbocycles. The van der Waals surface area contributed by atoms with Crippen molar-refractivity contribution < 1.29 is 37.4 Å². The van der Waals surface area contributed by atoms with Crippen molar-refractivity contribution in [1.29, 1.82) is 0 Å². The van der Waals surface area contributed by atoms with Gasteiger partial charge in [-0.1, -0.05) is 126 Å². The van der Waals surface area contributed by atoms with Gasteiger partial charge in [-0.05, 0) is 69.0 Å². The van der Waals surface area contributed by atoms with Gasteiger partial charge in [-0.25, -0.2) is 14.4 Å². The average Bonchev–Trinajstić information content (AvgIpc) is 3.81. The Bertz CT molecular complexity index is 3050. The van der Waals surface area contributed by atoms with Crippen LogP contribution in [-0.2, 0) is 25.5 Å². The Labute approximate surface area is 367 Å². The fourth-order valence-corrected chi connectivity index (χ4v) is 7.37. The first kappa shape index (κ1) is 38.3. The minimum atomic E-state index is -2.33. The SMILES string of the molecule is CC(C)c1cccc(C(C)C)c1-n1c(-c2[c-]ccc3c2oc2cc(-c4ccc(F)cc4)ccc23)nc2ncncc21.[2H]C([2H])([2H])c1c[c-]c(-c2ccc(C(C)(C)C)cn2)c(F)c1.[Ir]. The van der Waals surface area contributed by atoms with Crippen LogP contribution >= 0.6 is 0 Å². The van der Waals surface area contributed by atoms with E-state index < -0.39 is 12.7 Å². The summed E-state index contributed by atoms with van der Waals surface area (Å²) in [7, 11) is 0. The zero-order valence-corrected chi connectivity index (χ0v) is 36.8. The minimum Gasteiger partial charge on any atom is -0.501 e. The molecule has 60 heavy (non-hydrogen) atoms. The molecule has 0 saturated heterocycles. The summed E-state index contributed by atoms with van der Waals surface area (Å²) in [5.41, 5.74) is 10.7. The molecule has 0 bridgehead atoms. The van der Waals surface area contributed by atoms with Gasteiger partial charge in [0.1, 0.15) is 23.2 Å². The molecular formula is C51H45F2IrN5O-2. The molecule has 0 fully saturated rings. The summed E-state index contributed by atoms with van der Waals surface area (Å²) in [6.07, 6.45) is 5.07. The van der Waals surface area contributed by atoms with Crippen LogP contribution in [0.4, 0.5) is 8.78 Å². The van der Waals surface area contributed by atoms with Crippen molar-refractivity contribution in [3.05, 3.63) is 162 Å². The van der Waals surface area contributed by atoms with Gasteiger partial charge in [0.25, 0.3) is 0 Å². The molecule has 4 heterocycles. The van der Waals surface area contributed by atoms with Crippen molar-refractivity contribution in [3.63, 3.8) is 0 Å². The second kappa shape index (κ2) is 17.0. The Morgan fingerprint density at radius 1 is 0.783 bits per heavy atom. The van der Waals surface area contributed by atoms with Gasteiger partial charge < -0.3 is 14.0 Å².